The monoisotopic (exact) mass is 545 g/mol. The summed E-state index contributed by atoms with van der Waals surface area (Å²) < 4.78 is 53.5. The fraction of sp³-hybridized carbons (Fsp3) is 0.448. The van der Waals surface area contributed by atoms with Gasteiger partial charge in [-0.25, -0.2) is 13.2 Å². The van der Waals surface area contributed by atoms with Gasteiger partial charge in [0, 0.05) is 49.8 Å². The number of methoxy groups -OCH3 is 1. The van der Waals surface area contributed by atoms with Crippen molar-refractivity contribution in [2.45, 2.75) is 31.9 Å². The molecule has 7 nitrogen and oxygen atoms in total. The van der Waals surface area contributed by atoms with Gasteiger partial charge in [0.15, 0.2) is 0 Å². The number of rotatable bonds is 11. The second kappa shape index (κ2) is 12.1. The number of likely N-dealkylation sites (tertiary alicyclic amines) is 1. The Hall–Kier alpha value is -3.53. The molecule has 39 heavy (non-hydrogen) atoms. The summed E-state index contributed by atoms with van der Waals surface area (Å²) in [6.45, 7) is 1.70. The second-order valence-corrected chi connectivity index (χ2v) is 10.2. The maximum atomic E-state index is 16.0. The first-order valence-electron chi connectivity index (χ1n) is 12.9. The van der Waals surface area contributed by atoms with E-state index in [4.69, 9.17) is 9.47 Å². The van der Waals surface area contributed by atoms with Crippen LogP contribution in [0.3, 0.4) is 0 Å². The van der Waals surface area contributed by atoms with E-state index in [2.05, 4.69) is 9.88 Å². The maximum Gasteiger partial charge on any atom is 0.309 e. The number of halogens is 3. The molecule has 0 spiro atoms. The predicted octanol–water partition coefficient (Wildman–Crippen LogP) is 5.62. The summed E-state index contributed by atoms with van der Waals surface area (Å²) in [6.07, 6.45) is 1.23. The van der Waals surface area contributed by atoms with Crippen molar-refractivity contribution in [3.63, 3.8) is 0 Å². The lowest BCUT2D eigenvalue weighted by atomic mass is 9.74. The van der Waals surface area contributed by atoms with Gasteiger partial charge < -0.3 is 19.5 Å². The molecule has 4 rings (SSSR count). The molecule has 1 aromatic heterocycles. The third-order valence-corrected chi connectivity index (χ3v) is 7.55. The summed E-state index contributed by atoms with van der Waals surface area (Å²) >= 11 is 0. The van der Waals surface area contributed by atoms with Crippen LogP contribution in [0.5, 0.6) is 11.5 Å². The lowest BCUT2D eigenvalue weighted by Gasteiger charge is -2.39. The topological polar surface area (TPSA) is 75.1 Å². The molecule has 1 fully saturated rings. The number of hydrogen-bond acceptors (Lipinski definition) is 6. The number of nitrogens with zero attached hydrogens (tertiary/aromatic N) is 3. The van der Waals surface area contributed by atoms with E-state index in [0.29, 0.717) is 60.4 Å². The molecule has 1 aliphatic heterocycles. The van der Waals surface area contributed by atoms with Crippen LogP contribution in [0, 0.1) is 17.0 Å². The predicted molar refractivity (Wildman–Crippen MR) is 143 cm³/mol. The minimum atomic E-state index is -1.39. The highest BCUT2D eigenvalue weighted by Gasteiger charge is 2.42. The molecule has 3 aromatic rings. The summed E-state index contributed by atoms with van der Waals surface area (Å²) in [5.41, 5.74) is 0.726. The van der Waals surface area contributed by atoms with Crippen LogP contribution in [0.15, 0.2) is 42.6 Å². The van der Waals surface area contributed by atoms with Crippen LogP contribution >= 0.6 is 0 Å². The normalized spacial score (nSPS) is 16.2. The van der Waals surface area contributed by atoms with E-state index in [1.54, 1.807) is 36.4 Å². The van der Waals surface area contributed by atoms with Crippen molar-refractivity contribution in [3.05, 3.63) is 59.8 Å². The molecule has 0 amide bonds. The molecular formula is C29H34F3N3O4. The number of anilines is 1. The zero-order valence-electron chi connectivity index (χ0n) is 22.4. The summed E-state index contributed by atoms with van der Waals surface area (Å²) in [5.74, 6) is -1.64. The Morgan fingerprint density at radius 3 is 2.44 bits per heavy atom. The van der Waals surface area contributed by atoms with Crippen molar-refractivity contribution in [2.24, 2.45) is 5.41 Å². The summed E-state index contributed by atoms with van der Waals surface area (Å²) in [6, 6.07) is 8.34. The molecule has 0 unspecified atom stereocenters. The average molecular weight is 546 g/mol. The number of carboxylic acids is 1. The van der Waals surface area contributed by atoms with Crippen molar-refractivity contribution in [1.29, 1.82) is 0 Å². The molecule has 2 aromatic carbocycles. The van der Waals surface area contributed by atoms with E-state index >= 15 is 4.39 Å². The lowest BCUT2D eigenvalue weighted by Crippen LogP contribution is -2.45. The molecule has 1 N–H and O–H groups in total. The van der Waals surface area contributed by atoms with E-state index in [1.165, 1.54) is 0 Å². The van der Waals surface area contributed by atoms with Gasteiger partial charge in [-0.2, -0.15) is 0 Å². The number of carboxylic acid groups (broad SMARTS) is 1. The largest absolute Gasteiger partial charge is 0.497 e. The molecule has 10 heteroatoms. The van der Waals surface area contributed by atoms with Crippen LogP contribution in [0.2, 0.25) is 0 Å². The van der Waals surface area contributed by atoms with Crippen molar-refractivity contribution in [1.82, 2.24) is 9.88 Å². The first kappa shape index (κ1) is 28.5. The summed E-state index contributed by atoms with van der Waals surface area (Å²) in [7, 11) is 5.19. The highest BCUT2D eigenvalue weighted by molar-refractivity contribution is 5.88. The van der Waals surface area contributed by atoms with E-state index in [0.717, 1.165) is 18.2 Å². The van der Waals surface area contributed by atoms with Gasteiger partial charge in [0.05, 0.1) is 29.9 Å². The van der Waals surface area contributed by atoms with Crippen LogP contribution in [0.25, 0.3) is 10.9 Å². The molecule has 0 radical (unpaired) electrons. The minimum Gasteiger partial charge on any atom is -0.497 e. The van der Waals surface area contributed by atoms with E-state index in [1.807, 2.05) is 14.1 Å². The standard InChI is InChI=1S/C29H34F3N3O4/c1-34(2)26-18-33-25-5-4-21(38-3)17-23(25)27(26)24(32)6-7-29(28(36)37)8-10-35(11-9-29)12-13-39-22-15-19(30)14-20(31)16-22/h4-5,14-18,24H,6-13H2,1-3H3,(H,36,37)/t24-/m1/s1. The smallest absolute Gasteiger partial charge is 0.309 e. The van der Waals surface area contributed by atoms with Gasteiger partial charge in [-0.15, -0.1) is 0 Å². The van der Waals surface area contributed by atoms with Gasteiger partial charge in [0.1, 0.15) is 35.9 Å². The maximum absolute atomic E-state index is 16.0. The summed E-state index contributed by atoms with van der Waals surface area (Å²) in [4.78, 5) is 20.7. The van der Waals surface area contributed by atoms with Crippen molar-refractivity contribution < 1.29 is 32.5 Å². The van der Waals surface area contributed by atoms with E-state index in [9.17, 15) is 18.7 Å². The third-order valence-electron chi connectivity index (χ3n) is 7.55. The fourth-order valence-corrected chi connectivity index (χ4v) is 5.22. The minimum absolute atomic E-state index is 0.0533. The molecule has 1 atom stereocenters. The van der Waals surface area contributed by atoms with E-state index in [-0.39, 0.29) is 25.2 Å². The zero-order chi connectivity index (χ0) is 28.2. The van der Waals surface area contributed by atoms with Crippen LogP contribution in [0.1, 0.15) is 37.4 Å². The number of benzene rings is 2. The SMILES string of the molecule is COc1ccc2ncc(N(C)C)c([C@H](F)CCC3(C(=O)O)CCN(CCOc4cc(F)cc(F)c4)CC3)c2c1. The number of pyridine rings is 1. The number of aromatic nitrogens is 1. The average Bonchev–Trinajstić information content (AvgIpc) is 2.90. The van der Waals surface area contributed by atoms with Gasteiger partial charge in [0.2, 0.25) is 0 Å². The molecule has 2 heterocycles. The van der Waals surface area contributed by atoms with Crippen LogP contribution in [-0.4, -0.2) is 68.4 Å². The molecule has 1 saturated heterocycles. The molecule has 1 aliphatic rings. The number of aliphatic carboxylic acids is 1. The van der Waals surface area contributed by atoms with Crippen LogP contribution in [-0.2, 0) is 4.79 Å². The Bertz CT molecular complexity index is 1290. The van der Waals surface area contributed by atoms with Crippen molar-refractivity contribution >= 4 is 22.6 Å². The van der Waals surface area contributed by atoms with Gasteiger partial charge >= 0.3 is 5.97 Å². The van der Waals surface area contributed by atoms with Crippen LogP contribution in [0.4, 0.5) is 18.9 Å². The number of ether oxygens (including phenoxy) is 2. The molecular weight excluding hydrogens is 511 g/mol. The highest BCUT2D eigenvalue weighted by Crippen LogP contribution is 2.43. The van der Waals surface area contributed by atoms with Crippen molar-refractivity contribution in [3.8, 4) is 11.5 Å². The number of carbonyl (C=O) groups is 1. The second-order valence-electron chi connectivity index (χ2n) is 10.2. The zero-order valence-corrected chi connectivity index (χ0v) is 22.4. The number of fused-ring (bicyclic) bond motifs is 1. The lowest BCUT2D eigenvalue weighted by molar-refractivity contribution is -0.153. The van der Waals surface area contributed by atoms with Gasteiger partial charge in [-0.1, -0.05) is 0 Å². The van der Waals surface area contributed by atoms with Gasteiger partial charge in [-0.3, -0.25) is 14.7 Å². The fourth-order valence-electron chi connectivity index (χ4n) is 5.22. The number of hydrogen-bond donors (Lipinski definition) is 1. The van der Waals surface area contributed by atoms with Gasteiger partial charge in [0.25, 0.3) is 0 Å². The Morgan fingerprint density at radius 2 is 1.82 bits per heavy atom. The third kappa shape index (κ3) is 6.55. The summed E-state index contributed by atoms with van der Waals surface area (Å²) in [5, 5.41) is 10.8. The quantitative estimate of drug-likeness (QED) is 0.335. The Balaban J connectivity index is 1.41. The number of piperidine rings is 1. The number of alkyl halides is 1. The molecule has 0 saturated carbocycles. The Labute approximate surface area is 226 Å². The van der Waals surface area contributed by atoms with Crippen LogP contribution < -0.4 is 14.4 Å². The first-order chi connectivity index (χ1) is 18.6. The molecule has 0 bridgehead atoms. The highest BCUT2D eigenvalue weighted by atomic mass is 19.1. The Morgan fingerprint density at radius 1 is 1.13 bits per heavy atom. The van der Waals surface area contributed by atoms with E-state index < -0.39 is 29.2 Å². The first-order valence-corrected chi connectivity index (χ1v) is 12.9. The van der Waals surface area contributed by atoms with Crippen molar-refractivity contribution in [2.75, 3.05) is 52.3 Å². The molecule has 0 aliphatic carbocycles. The van der Waals surface area contributed by atoms with Gasteiger partial charge in [-0.05, 0) is 57.0 Å². The Kier molecular flexibility index (Phi) is 8.84. The molecule has 210 valence electrons.